The molecule has 1 fully saturated rings. The molecule has 2 aromatic rings. The highest BCUT2D eigenvalue weighted by Gasteiger charge is 2.25. The number of halogens is 1. The molecule has 0 amide bonds. The first-order chi connectivity index (χ1) is 10.1. The summed E-state index contributed by atoms with van der Waals surface area (Å²) in [5.74, 6) is 0.158. The van der Waals surface area contributed by atoms with Crippen molar-refractivity contribution >= 4 is 22.9 Å². The predicted molar refractivity (Wildman–Crippen MR) is 83.5 cm³/mol. The molecule has 0 atom stereocenters. The highest BCUT2D eigenvalue weighted by atomic mass is 35.5. The molecular formula is C14H16ClN3O2S. The molecule has 7 heteroatoms. The first-order valence-electron chi connectivity index (χ1n) is 7.00. The third-order valence-corrected chi connectivity index (χ3v) is 5.10. The molecule has 3 rings (SSSR count). The molecule has 0 radical (unpaired) electrons. The van der Waals surface area contributed by atoms with Gasteiger partial charge in [-0.15, -0.1) is 11.3 Å². The summed E-state index contributed by atoms with van der Waals surface area (Å²) >= 11 is 7.60. The molecule has 0 saturated heterocycles. The van der Waals surface area contributed by atoms with Crippen LogP contribution in [-0.4, -0.2) is 14.5 Å². The Labute approximate surface area is 130 Å². The molecule has 1 aliphatic carbocycles. The van der Waals surface area contributed by atoms with Crippen LogP contribution in [-0.2, 0) is 6.54 Å². The smallest absolute Gasteiger partial charge is 0.297 e. The number of aromatic nitrogens is 3. The van der Waals surface area contributed by atoms with Crippen molar-refractivity contribution in [1.29, 1.82) is 0 Å². The first kappa shape index (κ1) is 14.5. The third-order valence-electron chi connectivity index (χ3n) is 3.90. The van der Waals surface area contributed by atoms with E-state index in [2.05, 4.69) is 9.97 Å². The van der Waals surface area contributed by atoms with Crippen LogP contribution in [0.5, 0.6) is 0 Å². The van der Waals surface area contributed by atoms with E-state index >= 15 is 0 Å². The second-order valence-corrected chi connectivity index (χ2v) is 7.09. The molecule has 1 saturated carbocycles. The number of aromatic amines is 1. The van der Waals surface area contributed by atoms with E-state index in [4.69, 9.17) is 11.6 Å². The molecule has 0 aliphatic heterocycles. The van der Waals surface area contributed by atoms with Crippen LogP contribution in [0, 0.1) is 6.92 Å². The van der Waals surface area contributed by atoms with Gasteiger partial charge in [-0.3, -0.25) is 14.3 Å². The molecular weight excluding hydrogens is 310 g/mol. The standard InChI is InChI=1S/C14H16ClN3O2S/c1-8-6-16-10(21-8)7-18-13(19)11(9-4-2-3-5-9)12(15)17-14(18)20/h6,9H,2-5,7H2,1H3,(H,17,20). The lowest BCUT2D eigenvalue weighted by Gasteiger charge is -2.12. The number of hydrogen-bond donors (Lipinski definition) is 1. The molecule has 0 aromatic carbocycles. The Morgan fingerprint density at radius 1 is 1.43 bits per heavy atom. The van der Waals surface area contributed by atoms with E-state index in [0.717, 1.165) is 35.6 Å². The Kier molecular flexibility index (Phi) is 3.99. The summed E-state index contributed by atoms with van der Waals surface area (Å²) in [4.78, 5) is 32.6. The van der Waals surface area contributed by atoms with Crippen molar-refractivity contribution in [2.75, 3.05) is 0 Å². The first-order valence-corrected chi connectivity index (χ1v) is 8.19. The van der Waals surface area contributed by atoms with Gasteiger partial charge in [0.05, 0.1) is 12.1 Å². The largest absolute Gasteiger partial charge is 0.329 e. The lowest BCUT2D eigenvalue weighted by molar-refractivity contribution is 0.639. The Morgan fingerprint density at radius 2 is 2.14 bits per heavy atom. The normalized spacial score (nSPS) is 15.7. The number of nitrogens with zero attached hydrogens (tertiary/aromatic N) is 2. The number of thiazole rings is 1. The van der Waals surface area contributed by atoms with E-state index in [1.165, 1.54) is 15.9 Å². The quantitative estimate of drug-likeness (QED) is 0.882. The number of H-pyrrole nitrogens is 1. The molecule has 2 heterocycles. The molecule has 2 aromatic heterocycles. The number of nitrogens with one attached hydrogen (secondary N) is 1. The monoisotopic (exact) mass is 325 g/mol. The molecule has 1 aliphatic rings. The van der Waals surface area contributed by atoms with Gasteiger partial charge >= 0.3 is 5.69 Å². The summed E-state index contributed by atoms with van der Waals surface area (Å²) in [6.45, 7) is 2.14. The van der Waals surface area contributed by atoms with E-state index in [1.807, 2.05) is 6.92 Å². The van der Waals surface area contributed by atoms with E-state index in [9.17, 15) is 9.59 Å². The van der Waals surface area contributed by atoms with Crippen molar-refractivity contribution in [3.05, 3.63) is 47.6 Å². The van der Waals surface area contributed by atoms with Crippen LogP contribution in [0.1, 0.15) is 47.0 Å². The summed E-state index contributed by atoms with van der Waals surface area (Å²) in [5, 5.41) is 0.947. The maximum Gasteiger partial charge on any atom is 0.329 e. The van der Waals surface area contributed by atoms with Crippen LogP contribution in [0.4, 0.5) is 0 Å². The molecule has 5 nitrogen and oxygen atoms in total. The Hall–Kier alpha value is -1.40. The number of hydrogen-bond acceptors (Lipinski definition) is 4. The van der Waals surface area contributed by atoms with Crippen LogP contribution < -0.4 is 11.2 Å². The van der Waals surface area contributed by atoms with Gasteiger partial charge in [-0.25, -0.2) is 9.78 Å². The maximum atomic E-state index is 12.6. The molecule has 0 bridgehead atoms. The van der Waals surface area contributed by atoms with Gasteiger partial charge in [0.1, 0.15) is 10.2 Å². The SMILES string of the molecule is Cc1cnc(Cn2c(=O)[nH]c(Cl)c(C3CCCC3)c2=O)s1. The highest BCUT2D eigenvalue weighted by Crippen LogP contribution is 2.34. The van der Waals surface area contributed by atoms with Gasteiger partial charge in [0.25, 0.3) is 5.56 Å². The fourth-order valence-electron chi connectivity index (χ4n) is 2.88. The molecule has 0 spiro atoms. The van der Waals surface area contributed by atoms with Crippen LogP contribution >= 0.6 is 22.9 Å². The number of rotatable bonds is 3. The van der Waals surface area contributed by atoms with Crippen molar-refractivity contribution in [3.8, 4) is 0 Å². The minimum absolute atomic E-state index is 0.158. The Balaban J connectivity index is 2.05. The highest BCUT2D eigenvalue weighted by molar-refractivity contribution is 7.11. The van der Waals surface area contributed by atoms with E-state index in [1.54, 1.807) is 6.20 Å². The second kappa shape index (κ2) is 5.77. The van der Waals surface area contributed by atoms with Gasteiger partial charge in [0, 0.05) is 11.1 Å². The van der Waals surface area contributed by atoms with Gasteiger partial charge in [-0.05, 0) is 25.7 Å². The second-order valence-electron chi connectivity index (χ2n) is 5.40. The lowest BCUT2D eigenvalue weighted by atomic mass is 10.0. The zero-order chi connectivity index (χ0) is 15.0. The van der Waals surface area contributed by atoms with Crippen molar-refractivity contribution in [2.45, 2.75) is 45.1 Å². The average Bonchev–Trinajstić information content (AvgIpc) is 3.06. The fraction of sp³-hybridized carbons (Fsp3) is 0.500. The Morgan fingerprint density at radius 3 is 2.76 bits per heavy atom. The van der Waals surface area contributed by atoms with Gasteiger partial charge in [-0.1, -0.05) is 24.4 Å². The summed E-state index contributed by atoms with van der Waals surface area (Å²) in [6.07, 6.45) is 5.86. The molecule has 112 valence electrons. The van der Waals surface area contributed by atoms with Crippen LogP contribution in [0.15, 0.2) is 15.8 Å². The zero-order valence-corrected chi connectivity index (χ0v) is 13.3. The van der Waals surface area contributed by atoms with Crippen LogP contribution in [0.2, 0.25) is 5.15 Å². The zero-order valence-electron chi connectivity index (χ0n) is 11.7. The fourth-order valence-corrected chi connectivity index (χ4v) is 3.97. The van der Waals surface area contributed by atoms with Crippen LogP contribution in [0.3, 0.4) is 0 Å². The molecule has 1 N–H and O–H groups in total. The van der Waals surface area contributed by atoms with Crippen LogP contribution in [0.25, 0.3) is 0 Å². The lowest BCUT2D eigenvalue weighted by Crippen LogP contribution is -2.38. The average molecular weight is 326 g/mol. The van der Waals surface area contributed by atoms with Crippen molar-refractivity contribution in [1.82, 2.24) is 14.5 Å². The van der Waals surface area contributed by atoms with Gasteiger partial charge in [0.2, 0.25) is 0 Å². The van der Waals surface area contributed by atoms with Crippen molar-refractivity contribution in [3.63, 3.8) is 0 Å². The number of aryl methyl sites for hydroxylation is 1. The van der Waals surface area contributed by atoms with Gasteiger partial charge in [0.15, 0.2) is 0 Å². The summed E-state index contributed by atoms with van der Waals surface area (Å²) in [6, 6.07) is 0. The maximum absolute atomic E-state index is 12.6. The van der Waals surface area contributed by atoms with Crippen molar-refractivity contribution in [2.24, 2.45) is 0 Å². The minimum Gasteiger partial charge on any atom is -0.297 e. The summed E-state index contributed by atoms with van der Waals surface area (Å²) < 4.78 is 1.21. The topological polar surface area (TPSA) is 67.8 Å². The molecule has 21 heavy (non-hydrogen) atoms. The minimum atomic E-state index is -0.473. The Bertz CT molecular complexity index is 771. The van der Waals surface area contributed by atoms with Gasteiger partial charge in [-0.2, -0.15) is 0 Å². The van der Waals surface area contributed by atoms with E-state index in [-0.39, 0.29) is 23.2 Å². The van der Waals surface area contributed by atoms with E-state index in [0.29, 0.717) is 5.56 Å². The summed E-state index contributed by atoms with van der Waals surface area (Å²) in [7, 11) is 0. The van der Waals surface area contributed by atoms with Crippen molar-refractivity contribution < 1.29 is 0 Å². The predicted octanol–water partition coefficient (Wildman–Crippen LogP) is 2.66. The third kappa shape index (κ3) is 2.82. The summed E-state index contributed by atoms with van der Waals surface area (Å²) in [5.41, 5.74) is -0.190. The van der Waals surface area contributed by atoms with Gasteiger partial charge < -0.3 is 0 Å². The molecule has 0 unspecified atom stereocenters. The van der Waals surface area contributed by atoms with E-state index < -0.39 is 5.69 Å².